The van der Waals surface area contributed by atoms with Gasteiger partial charge < -0.3 is 4.43 Å². The van der Waals surface area contributed by atoms with Crippen molar-refractivity contribution in [1.82, 2.24) is 0 Å². The van der Waals surface area contributed by atoms with Crippen molar-refractivity contribution in [2.75, 3.05) is 0 Å². The summed E-state index contributed by atoms with van der Waals surface area (Å²) >= 11 is 0. The molecule has 0 amide bonds. The maximum Gasteiger partial charge on any atom is 0.180 e. The third-order valence-corrected chi connectivity index (χ3v) is 6.21. The molecule has 0 aromatic rings. The molecule has 0 rings (SSSR count). The first-order valence-corrected chi connectivity index (χ1v) is 7.07. The molecule has 74 valence electrons. The molecule has 0 unspecified atom stereocenters. The lowest BCUT2D eigenvalue weighted by Gasteiger charge is -2.34. The van der Waals surface area contributed by atoms with Crippen LogP contribution in [0, 0.1) is 0 Å². The Balaban J connectivity index is 4.13. The molecule has 0 saturated carbocycles. The van der Waals surface area contributed by atoms with Crippen LogP contribution < -0.4 is 0 Å². The molecule has 0 heterocycles. The maximum absolute atomic E-state index is 6.03. The Morgan fingerprint density at radius 3 is 1.75 bits per heavy atom. The van der Waals surface area contributed by atoms with Crippen LogP contribution >= 0.6 is 0 Å². The summed E-state index contributed by atoms with van der Waals surface area (Å²) in [7, 11) is -1.04. The molecule has 0 saturated heterocycles. The van der Waals surface area contributed by atoms with Crippen molar-refractivity contribution >= 4 is 9.04 Å². The van der Waals surface area contributed by atoms with E-state index in [1.54, 1.807) is 0 Å². The Hall–Kier alpha value is 0.177. The van der Waals surface area contributed by atoms with Crippen LogP contribution in [0.2, 0.25) is 11.6 Å². The molecule has 0 radical (unpaired) electrons. The van der Waals surface area contributed by atoms with Gasteiger partial charge in [0.05, 0.1) is 0 Å². The third kappa shape index (κ3) is 4.26. The fourth-order valence-corrected chi connectivity index (χ4v) is 2.93. The van der Waals surface area contributed by atoms with E-state index in [-0.39, 0.29) is 5.60 Å². The monoisotopic (exact) mass is 188 g/mol. The van der Waals surface area contributed by atoms with Crippen LogP contribution in [0.15, 0.2) is 0 Å². The minimum Gasteiger partial charge on any atom is -0.415 e. The molecule has 0 N–H and O–H groups in total. The Labute approximate surface area is 79.2 Å². The van der Waals surface area contributed by atoms with Crippen LogP contribution in [0.1, 0.15) is 48.0 Å². The van der Waals surface area contributed by atoms with Gasteiger partial charge >= 0.3 is 0 Å². The second-order valence-electron chi connectivity index (χ2n) is 5.21. The lowest BCUT2D eigenvalue weighted by atomic mass is 10.1. The van der Waals surface area contributed by atoms with Crippen molar-refractivity contribution in [2.45, 2.75) is 65.1 Å². The van der Waals surface area contributed by atoms with E-state index in [9.17, 15) is 0 Å². The summed E-state index contributed by atoms with van der Waals surface area (Å²) in [5.41, 5.74) is 0.0398. The average Bonchev–Trinajstić information content (AvgIpc) is 1.84. The van der Waals surface area contributed by atoms with E-state index in [0.29, 0.717) is 5.04 Å². The van der Waals surface area contributed by atoms with Crippen molar-refractivity contribution in [1.29, 1.82) is 0 Å². The summed E-state index contributed by atoms with van der Waals surface area (Å²) in [4.78, 5) is 0. The Morgan fingerprint density at radius 1 is 1.08 bits per heavy atom. The molecule has 0 aromatic carbocycles. The molecule has 0 bridgehead atoms. The summed E-state index contributed by atoms with van der Waals surface area (Å²) < 4.78 is 6.03. The highest BCUT2D eigenvalue weighted by Gasteiger charge is 2.29. The molecular weight excluding hydrogens is 164 g/mol. The highest BCUT2D eigenvalue weighted by molar-refractivity contribution is 6.54. The number of hydrogen-bond donors (Lipinski definition) is 0. The molecule has 2 heteroatoms. The summed E-state index contributed by atoms with van der Waals surface area (Å²) in [6, 6.07) is 0. The van der Waals surface area contributed by atoms with Gasteiger partial charge in [-0.05, 0) is 32.4 Å². The second-order valence-corrected chi connectivity index (χ2v) is 8.30. The van der Waals surface area contributed by atoms with Crippen LogP contribution in [-0.4, -0.2) is 14.6 Å². The first-order valence-electron chi connectivity index (χ1n) is 4.87. The van der Waals surface area contributed by atoms with Gasteiger partial charge in [-0.2, -0.15) is 0 Å². The third-order valence-electron chi connectivity index (χ3n) is 2.54. The normalized spacial score (nSPS) is 16.2. The summed E-state index contributed by atoms with van der Waals surface area (Å²) in [6.07, 6.45) is 1.22. The molecular formula is C10H24OSi. The molecule has 1 atom stereocenters. The van der Waals surface area contributed by atoms with Crippen LogP contribution in [0.25, 0.3) is 0 Å². The van der Waals surface area contributed by atoms with Crippen molar-refractivity contribution in [3.63, 3.8) is 0 Å². The first kappa shape index (κ1) is 12.2. The topological polar surface area (TPSA) is 9.23 Å². The van der Waals surface area contributed by atoms with Gasteiger partial charge in [-0.3, -0.25) is 0 Å². The number of hydrogen-bond acceptors (Lipinski definition) is 1. The molecule has 0 aliphatic heterocycles. The molecule has 0 aromatic heterocycles. The van der Waals surface area contributed by atoms with E-state index < -0.39 is 9.04 Å². The van der Waals surface area contributed by atoms with Gasteiger partial charge in [-0.15, -0.1) is 0 Å². The lowest BCUT2D eigenvalue weighted by molar-refractivity contribution is 0.121. The zero-order chi connectivity index (χ0) is 9.99. The quantitative estimate of drug-likeness (QED) is 0.617. The highest BCUT2D eigenvalue weighted by Crippen LogP contribution is 2.34. The van der Waals surface area contributed by atoms with E-state index in [2.05, 4.69) is 48.1 Å². The predicted molar refractivity (Wildman–Crippen MR) is 58.2 cm³/mol. The van der Waals surface area contributed by atoms with Crippen molar-refractivity contribution < 1.29 is 4.43 Å². The largest absolute Gasteiger partial charge is 0.415 e. The molecule has 0 spiro atoms. The van der Waals surface area contributed by atoms with Crippen molar-refractivity contribution in [3.05, 3.63) is 0 Å². The fraction of sp³-hybridized carbons (Fsp3) is 1.00. The van der Waals surface area contributed by atoms with Gasteiger partial charge in [-0.25, -0.2) is 0 Å². The molecule has 12 heavy (non-hydrogen) atoms. The second kappa shape index (κ2) is 3.92. The highest BCUT2D eigenvalue weighted by atomic mass is 28.3. The van der Waals surface area contributed by atoms with Crippen molar-refractivity contribution in [2.24, 2.45) is 0 Å². The van der Waals surface area contributed by atoms with Gasteiger partial charge in [0.2, 0.25) is 0 Å². The average molecular weight is 188 g/mol. The molecule has 0 aliphatic carbocycles. The SMILES string of the molecule is CCC(C)(C)[Si@@H](C)OC(C)(C)C. The molecule has 0 fully saturated rings. The fourth-order valence-electron chi connectivity index (χ4n) is 0.977. The Bertz CT molecular complexity index is 135. The molecule has 1 nitrogen and oxygen atoms in total. The van der Waals surface area contributed by atoms with Gasteiger partial charge in [0.25, 0.3) is 0 Å². The summed E-state index contributed by atoms with van der Waals surface area (Å²) in [5, 5.41) is 0.424. The van der Waals surface area contributed by atoms with Gasteiger partial charge in [0, 0.05) is 5.60 Å². The Morgan fingerprint density at radius 2 is 1.50 bits per heavy atom. The Kier molecular flexibility index (Phi) is 3.98. The van der Waals surface area contributed by atoms with Crippen LogP contribution in [-0.2, 0) is 4.43 Å². The maximum atomic E-state index is 6.03. The van der Waals surface area contributed by atoms with E-state index in [1.807, 2.05) is 0 Å². The van der Waals surface area contributed by atoms with Gasteiger partial charge in [-0.1, -0.05) is 27.2 Å². The van der Waals surface area contributed by atoms with Gasteiger partial charge in [0.15, 0.2) is 9.04 Å². The predicted octanol–water partition coefficient (Wildman–Crippen LogP) is 3.35. The van der Waals surface area contributed by atoms with E-state index >= 15 is 0 Å². The smallest absolute Gasteiger partial charge is 0.180 e. The number of rotatable bonds is 3. The van der Waals surface area contributed by atoms with Crippen LogP contribution in [0.5, 0.6) is 0 Å². The van der Waals surface area contributed by atoms with Crippen LogP contribution in [0.4, 0.5) is 0 Å². The summed E-state index contributed by atoms with van der Waals surface area (Å²) in [6.45, 7) is 15.6. The van der Waals surface area contributed by atoms with E-state index in [0.717, 1.165) is 0 Å². The minimum absolute atomic E-state index is 0.0398. The van der Waals surface area contributed by atoms with E-state index in [1.165, 1.54) is 6.42 Å². The zero-order valence-corrected chi connectivity index (χ0v) is 10.8. The van der Waals surface area contributed by atoms with Crippen LogP contribution in [0.3, 0.4) is 0 Å². The first-order chi connectivity index (χ1) is 5.19. The van der Waals surface area contributed by atoms with Crippen molar-refractivity contribution in [3.8, 4) is 0 Å². The minimum atomic E-state index is -1.04. The van der Waals surface area contributed by atoms with E-state index in [4.69, 9.17) is 4.43 Å². The molecule has 0 aliphatic rings. The van der Waals surface area contributed by atoms with Gasteiger partial charge in [0.1, 0.15) is 0 Å². The lowest BCUT2D eigenvalue weighted by Crippen LogP contribution is -2.35. The standard InChI is InChI=1S/C10H24OSi/c1-8-10(5,6)12(7)11-9(2,3)4/h12H,8H2,1-7H3/t12-/m1/s1. The summed E-state index contributed by atoms with van der Waals surface area (Å²) in [5.74, 6) is 0. The zero-order valence-electron chi connectivity index (χ0n) is 9.69.